The van der Waals surface area contributed by atoms with E-state index in [1.807, 2.05) is 59.5 Å². The molecule has 28 heavy (non-hydrogen) atoms. The lowest BCUT2D eigenvalue weighted by Crippen LogP contribution is -2.37. The first-order valence-electron chi connectivity index (χ1n) is 9.71. The van der Waals surface area contributed by atoms with Crippen LogP contribution in [0.2, 0.25) is 0 Å². The van der Waals surface area contributed by atoms with Gasteiger partial charge in [-0.3, -0.25) is 9.59 Å². The molecule has 1 aliphatic rings. The number of benzene rings is 2. The summed E-state index contributed by atoms with van der Waals surface area (Å²) in [5, 5.41) is 0.129. The van der Waals surface area contributed by atoms with Crippen molar-refractivity contribution in [2.45, 2.75) is 51.4 Å². The normalized spacial score (nSPS) is 19.3. The summed E-state index contributed by atoms with van der Waals surface area (Å²) in [5.41, 5.74) is 1.07. The average Bonchev–Trinajstić information content (AvgIpc) is 2.91. The van der Waals surface area contributed by atoms with Gasteiger partial charge in [0.05, 0.1) is 0 Å². The maximum Gasteiger partial charge on any atom is 0.224 e. The lowest BCUT2D eigenvalue weighted by Gasteiger charge is -2.29. The van der Waals surface area contributed by atoms with Crippen molar-refractivity contribution in [1.82, 2.24) is 4.90 Å². The van der Waals surface area contributed by atoms with Gasteiger partial charge in [0, 0.05) is 31.2 Å². The Bertz CT molecular complexity index is 804. The second-order valence-corrected chi connectivity index (χ2v) is 9.05. The topological polar surface area (TPSA) is 46.6 Å². The molecule has 3 rings (SSSR count). The molecule has 4 nitrogen and oxygen atoms in total. The van der Waals surface area contributed by atoms with Crippen LogP contribution in [0.25, 0.3) is 0 Å². The van der Waals surface area contributed by atoms with Gasteiger partial charge in [-0.2, -0.15) is 0 Å². The van der Waals surface area contributed by atoms with Gasteiger partial charge in [0.15, 0.2) is 5.12 Å². The summed E-state index contributed by atoms with van der Waals surface area (Å²) < 4.78 is 5.84. The van der Waals surface area contributed by atoms with Gasteiger partial charge in [0.25, 0.3) is 0 Å². The Morgan fingerprint density at radius 2 is 1.75 bits per heavy atom. The Balaban J connectivity index is 1.69. The van der Waals surface area contributed by atoms with E-state index in [0.717, 1.165) is 23.5 Å². The van der Waals surface area contributed by atoms with Gasteiger partial charge in [0.1, 0.15) is 11.5 Å². The quantitative estimate of drug-likeness (QED) is 0.638. The first-order chi connectivity index (χ1) is 13.4. The van der Waals surface area contributed by atoms with Crippen LogP contribution in [0.15, 0.2) is 54.6 Å². The average molecular weight is 398 g/mol. The van der Waals surface area contributed by atoms with Gasteiger partial charge >= 0.3 is 0 Å². The lowest BCUT2D eigenvalue weighted by atomic mass is 10.0. The molecule has 0 N–H and O–H groups in total. The highest BCUT2D eigenvalue weighted by Gasteiger charge is 2.40. The molecule has 1 fully saturated rings. The standard InChI is InChI=1S/C23H27NO3S/c1-16(2)13-21-22(28-17(3)25)14-23(26)24(21)15-18-9-11-20(12-10-18)27-19-7-5-4-6-8-19/h4-12,16,21-22H,13-15H2,1-3H3/t21-,22+/m1/s1. The number of carbonyl (C=O) groups excluding carboxylic acids is 2. The third-order valence-corrected chi connectivity index (χ3v) is 5.93. The lowest BCUT2D eigenvalue weighted by molar-refractivity contribution is -0.129. The first kappa shape index (κ1) is 20.5. The molecule has 0 saturated carbocycles. The van der Waals surface area contributed by atoms with E-state index in [1.54, 1.807) is 6.92 Å². The maximum absolute atomic E-state index is 12.6. The zero-order valence-corrected chi connectivity index (χ0v) is 17.4. The minimum absolute atomic E-state index is 0.0492. The van der Waals surface area contributed by atoms with E-state index in [1.165, 1.54) is 11.8 Å². The van der Waals surface area contributed by atoms with E-state index in [0.29, 0.717) is 18.9 Å². The molecular formula is C23H27NO3S. The summed E-state index contributed by atoms with van der Waals surface area (Å²) in [6.07, 6.45) is 1.35. The molecule has 0 spiro atoms. The van der Waals surface area contributed by atoms with E-state index < -0.39 is 0 Å². The van der Waals surface area contributed by atoms with Crippen LogP contribution in [0.5, 0.6) is 11.5 Å². The minimum Gasteiger partial charge on any atom is -0.457 e. The SMILES string of the molecule is CC(=O)S[C@H]1CC(=O)N(Cc2ccc(Oc3ccccc3)cc2)[C@@H]1CC(C)C. The molecule has 5 heteroatoms. The predicted octanol–water partition coefficient (Wildman–Crippen LogP) is 5.27. The third-order valence-electron chi connectivity index (χ3n) is 4.81. The molecule has 0 radical (unpaired) electrons. The fraction of sp³-hybridized carbons (Fsp3) is 0.391. The van der Waals surface area contributed by atoms with Gasteiger partial charge in [-0.1, -0.05) is 55.9 Å². The van der Waals surface area contributed by atoms with Gasteiger partial charge in [-0.25, -0.2) is 0 Å². The monoisotopic (exact) mass is 397 g/mol. The molecule has 1 amide bonds. The van der Waals surface area contributed by atoms with Crippen molar-refractivity contribution >= 4 is 22.8 Å². The highest BCUT2D eigenvalue weighted by atomic mass is 32.2. The summed E-state index contributed by atoms with van der Waals surface area (Å²) in [6.45, 7) is 6.46. The molecule has 148 valence electrons. The number of likely N-dealkylation sites (tertiary alicyclic amines) is 1. The van der Waals surface area contributed by atoms with E-state index in [9.17, 15) is 9.59 Å². The molecule has 0 bridgehead atoms. The summed E-state index contributed by atoms with van der Waals surface area (Å²) in [4.78, 5) is 26.2. The number of hydrogen-bond donors (Lipinski definition) is 0. The van der Waals surface area contributed by atoms with Crippen molar-refractivity contribution in [2.24, 2.45) is 5.92 Å². The molecule has 2 aromatic carbocycles. The van der Waals surface area contributed by atoms with E-state index in [4.69, 9.17) is 4.74 Å². The van der Waals surface area contributed by atoms with Crippen LogP contribution in [-0.2, 0) is 16.1 Å². The van der Waals surface area contributed by atoms with Gasteiger partial charge in [-0.05, 0) is 42.2 Å². The number of para-hydroxylation sites is 1. The van der Waals surface area contributed by atoms with Crippen molar-refractivity contribution in [3.8, 4) is 11.5 Å². The van der Waals surface area contributed by atoms with Crippen molar-refractivity contribution < 1.29 is 14.3 Å². The largest absolute Gasteiger partial charge is 0.457 e. The summed E-state index contributed by atoms with van der Waals surface area (Å²) >= 11 is 1.31. The summed E-state index contributed by atoms with van der Waals surface area (Å²) in [7, 11) is 0. The van der Waals surface area contributed by atoms with Crippen LogP contribution in [-0.4, -0.2) is 27.2 Å². The molecule has 0 aromatic heterocycles. The van der Waals surface area contributed by atoms with Crippen molar-refractivity contribution in [3.05, 3.63) is 60.2 Å². The van der Waals surface area contributed by atoms with Gasteiger partial charge in [0.2, 0.25) is 5.91 Å². The second-order valence-electron chi connectivity index (χ2n) is 7.63. The molecule has 1 saturated heterocycles. The van der Waals surface area contributed by atoms with Gasteiger partial charge < -0.3 is 9.64 Å². The second kappa shape index (κ2) is 9.28. The maximum atomic E-state index is 12.6. The minimum atomic E-state index is 0.0492. The third kappa shape index (κ3) is 5.38. The van der Waals surface area contributed by atoms with Gasteiger partial charge in [-0.15, -0.1) is 0 Å². The van der Waals surface area contributed by atoms with E-state index >= 15 is 0 Å². The Kier molecular flexibility index (Phi) is 6.79. The first-order valence-corrected chi connectivity index (χ1v) is 10.6. The fourth-order valence-corrected chi connectivity index (χ4v) is 4.66. The predicted molar refractivity (Wildman–Crippen MR) is 113 cm³/mol. The number of amides is 1. The molecule has 2 aromatic rings. The highest BCUT2D eigenvalue weighted by molar-refractivity contribution is 8.14. The summed E-state index contributed by atoms with van der Waals surface area (Å²) in [5.74, 6) is 2.17. The molecule has 1 aliphatic heterocycles. The molecule has 1 heterocycles. The zero-order valence-electron chi connectivity index (χ0n) is 16.6. The van der Waals surface area contributed by atoms with Crippen LogP contribution >= 0.6 is 11.8 Å². The van der Waals surface area contributed by atoms with Crippen LogP contribution in [0.3, 0.4) is 0 Å². The van der Waals surface area contributed by atoms with Crippen molar-refractivity contribution in [2.75, 3.05) is 0 Å². The number of carbonyl (C=O) groups is 2. The number of rotatable bonds is 7. The highest BCUT2D eigenvalue weighted by Crippen LogP contribution is 2.35. The Labute approximate surface area is 171 Å². The fourth-order valence-electron chi connectivity index (χ4n) is 3.60. The van der Waals surface area contributed by atoms with Crippen LogP contribution in [0, 0.1) is 5.92 Å². The van der Waals surface area contributed by atoms with Crippen molar-refractivity contribution in [3.63, 3.8) is 0 Å². The Hall–Kier alpha value is -2.27. The smallest absolute Gasteiger partial charge is 0.224 e. The number of hydrogen-bond acceptors (Lipinski definition) is 4. The van der Waals surface area contributed by atoms with E-state index in [-0.39, 0.29) is 22.3 Å². The Morgan fingerprint density at radius 1 is 1.11 bits per heavy atom. The van der Waals surface area contributed by atoms with Crippen LogP contribution in [0.1, 0.15) is 39.2 Å². The van der Waals surface area contributed by atoms with Crippen molar-refractivity contribution in [1.29, 1.82) is 0 Å². The molecule has 0 aliphatic carbocycles. The van der Waals surface area contributed by atoms with E-state index in [2.05, 4.69) is 13.8 Å². The van der Waals surface area contributed by atoms with Crippen LogP contribution in [0.4, 0.5) is 0 Å². The number of thioether (sulfide) groups is 1. The number of nitrogens with zero attached hydrogens (tertiary/aromatic N) is 1. The zero-order chi connectivity index (χ0) is 20.1. The van der Waals surface area contributed by atoms with Crippen LogP contribution < -0.4 is 4.74 Å². The molecule has 0 unspecified atom stereocenters. The summed E-state index contributed by atoms with van der Waals surface area (Å²) in [6, 6.07) is 17.6. The Morgan fingerprint density at radius 3 is 2.36 bits per heavy atom. The molecule has 2 atom stereocenters. The number of ether oxygens (including phenoxy) is 1. The molecular weight excluding hydrogens is 370 g/mol.